The highest BCUT2D eigenvalue weighted by molar-refractivity contribution is 6.22. The van der Waals surface area contributed by atoms with E-state index in [0.717, 1.165) is 11.1 Å². The maximum atomic E-state index is 12.6. The van der Waals surface area contributed by atoms with Crippen molar-refractivity contribution in [2.24, 2.45) is 11.8 Å². The van der Waals surface area contributed by atoms with Crippen LogP contribution in [0.25, 0.3) is 11.1 Å². The molecule has 26 heavy (non-hydrogen) atoms. The van der Waals surface area contributed by atoms with Gasteiger partial charge in [-0.05, 0) is 48.2 Å². The first kappa shape index (κ1) is 16.2. The van der Waals surface area contributed by atoms with Gasteiger partial charge in [-0.25, -0.2) is 0 Å². The number of carbonyl (C=O) groups excluding carboxylic acids is 2. The Morgan fingerprint density at radius 1 is 0.808 bits per heavy atom. The van der Waals surface area contributed by atoms with Crippen LogP contribution in [0.15, 0.2) is 60.7 Å². The van der Waals surface area contributed by atoms with Gasteiger partial charge in [-0.1, -0.05) is 24.3 Å². The fourth-order valence-corrected chi connectivity index (χ4v) is 3.63. The van der Waals surface area contributed by atoms with Gasteiger partial charge in [0.2, 0.25) is 11.8 Å². The van der Waals surface area contributed by atoms with Crippen molar-refractivity contribution in [1.82, 2.24) is 0 Å². The lowest BCUT2D eigenvalue weighted by molar-refractivity contribution is -0.384. The zero-order valence-corrected chi connectivity index (χ0v) is 13.9. The highest BCUT2D eigenvalue weighted by Crippen LogP contribution is 2.38. The molecule has 0 radical (unpaired) electrons. The van der Waals surface area contributed by atoms with E-state index in [0.29, 0.717) is 18.5 Å². The summed E-state index contributed by atoms with van der Waals surface area (Å²) in [4.78, 5) is 36.8. The van der Waals surface area contributed by atoms with Crippen molar-refractivity contribution in [3.05, 3.63) is 70.8 Å². The van der Waals surface area contributed by atoms with Gasteiger partial charge in [0.1, 0.15) is 0 Å². The number of fused-ring (bicyclic) bond motifs is 1. The number of benzene rings is 2. The first-order valence-electron chi connectivity index (χ1n) is 8.44. The van der Waals surface area contributed by atoms with Gasteiger partial charge in [-0.3, -0.25) is 24.6 Å². The summed E-state index contributed by atoms with van der Waals surface area (Å²) in [5.74, 6) is -0.761. The molecular weight excluding hydrogens is 332 g/mol. The number of carbonyl (C=O) groups is 2. The van der Waals surface area contributed by atoms with Crippen LogP contribution in [0.3, 0.4) is 0 Å². The monoisotopic (exact) mass is 348 g/mol. The number of rotatable bonds is 3. The summed E-state index contributed by atoms with van der Waals surface area (Å²) in [6.45, 7) is 0. The second kappa shape index (κ2) is 6.22. The largest absolute Gasteiger partial charge is 0.274 e. The van der Waals surface area contributed by atoms with Crippen LogP contribution in [-0.2, 0) is 9.59 Å². The molecule has 1 aliphatic carbocycles. The lowest BCUT2D eigenvalue weighted by atomic mass is 9.85. The van der Waals surface area contributed by atoms with Crippen molar-refractivity contribution < 1.29 is 14.5 Å². The second-order valence-corrected chi connectivity index (χ2v) is 6.52. The van der Waals surface area contributed by atoms with Crippen LogP contribution in [0.2, 0.25) is 0 Å². The van der Waals surface area contributed by atoms with Crippen molar-refractivity contribution >= 4 is 23.2 Å². The molecule has 2 aromatic carbocycles. The van der Waals surface area contributed by atoms with Crippen molar-refractivity contribution in [3.63, 3.8) is 0 Å². The summed E-state index contributed by atoms with van der Waals surface area (Å²) < 4.78 is 0. The van der Waals surface area contributed by atoms with Crippen molar-refractivity contribution in [1.29, 1.82) is 0 Å². The number of imide groups is 1. The van der Waals surface area contributed by atoms with Gasteiger partial charge in [-0.2, -0.15) is 0 Å². The van der Waals surface area contributed by atoms with E-state index in [9.17, 15) is 19.7 Å². The van der Waals surface area contributed by atoms with E-state index in [1.54, 1.807) is 24.3 Å². The molecule has 0 aromatic heterocycles. The molecule has 2 aromatic rings. The third kappa shape index (κ3) is 2.60. The van der Waals surface area contributed by atoms with E-state index in [2.05, 4.69) is 0 Å². The van der Waals surface area contributed by atoms with Crippen molar-refractivity contribution in [2.75, 3.05) is 4.90 Å². The molecule has 0 saturated carbocycles. The van der Waals surface area contributed by atoms with Gasteiger partial charge in [0.25, 0.3) is 5.69 Å². The molecule has 1 fully saturated rings. The fourth-order valence-electron chi connectivity index (χ4n) is 3.63. The van der Waals surface area contributed by atoms with E-state index >= 15 is 0 Å². The number of hydrogen-bond donors (Lipinski definition) is 0. The summed E-state index contributed by atoms with van der Waals surface area (Å²) in [5.41, 5.74) is 2.30. The Morgan fingerprint density at radius 3 is 1.73 bits per heavy atom. The third-order valence-electron chi connectivity index (χ3n) is 5.04. The molecule has 130 valence electrons. The molecule has 0 bridgehead atoms. The Morgan fingerprint density at radius 2 is 1.27 bits per heavy atom. The quantitative estimate of drug-likeness (QED) is 0.366. The van der Waals surface area contributed by atoms with Crippen LogP contribution in [0.1, 0.15) is 12.8 Å². The minimum atomic E-state index is -0.439. The summed E-state index contributed by atoms with van der Waals surface area (Å²) in [5, 5.41) is 10.7. The lowest BCUT2D eigenvalue weighted by Crippen LogP contribution is -2.30. The molecule has 1 saturated heterocycles. The number of amides is 2. The molecule has 0 N–H and O–H groups in total. The predicted molar refractivity (Wildman–Crippen MR) is 96.4 cm³/mol. The summed E-state index contributed by atoms with van der Waals surface area (Å²) >= 11 is 0. The molecule has 2 aliphatic rings. The molecule has 6 nitrogen and oxygen atoms in total. The number of hydrogen-bond acceptors (Lipinski definition) is 4. The van der Waals surface area contributed by atoms with E-state index < -0.39 is 4.92 Å². The van der Waals surface area contributed by atoms with E-state index in [1.807, 2.05) is 24.3 Å². The Bertz CT molecular complexity index is 890. The van der Waals surface area contributed by atoms with Crippen LogP contribution >= 0.6 is 0 Å². The highest BCUT2D eigenvalue weighted by Gasteiger charge is 2.47. The van der Waals surface area contributed by atoms with Gasteiger partial charge in [-0.15, -0.1) is 0 Å². The van der Waals surface area contributed by atoms with Crippen LogP contribution in [-0.4, -0.2) is 16.7 Å². The van der Waals surface area contributed by atoms with Crippen LogP contribution in [0, 0.1) is 22.0 Å². The topological polar surface area (TPSA) is 80.5 Å². The van der Waals surface area contributed by atoms with Crippen LogP contribution in [0.4, 0.5) is 11.4 Å². The third-order valence-corrected chi connectivity index (χ3v) is 5.04. The zero-order chi connectivity index (χ0) is 18.3. The number of allylic oxidation sites excluding steroid dienone is 2. The summed E-state index contributed by atoms with van der Waals surface area (Å²) in [6, 6.07) is 13.4. The molecule has 4 rings (SSSR count). The maximum absolute atomic E-state index is 12.6. The van der Waals surface area contributed by atoms with E-state index in [1.165, 1.54) is 17.0 Å². The maximum Gasteiger partial charge on any atom is 0.269 e. The SMILES string of the molecule is O=C1[C@H]2CC=CC[C@@H]2C(=O)N1c1ccc(-c2ccc([N+](=O)[O-])cc2)cc1. The minimum Gasteiger partial charge on any atom is -0.274 e. The lowest BCUT2D eigenvalue weighted by Gasteiger charge is -2.15. The molecule has 1 heterocycles. The van der Waals surface area contributed by atoms with Gasteiger partial charge in [0, 0.05) is 12.1 Å². The Hall–Kier alpha value is -3.28. The van der Waals surface area contributed by atoms with E-state index in [4.69, 9.17) is 0 Å². The number of nitro groups is 1. The Labute approximate surface area is 149 Å². The number of nitrogens with zero attached hydrogens (tertiary/aromatic N) is 2. The molecule has 2 amide bonds. The molecule has 2 atom stereocenters. The smallest absolute Gasteiger partial charge is 0.269 e. The standard InChI is InChI=1S/C20H16N2O4/c23-19-17-3-1-2-4-18(17)20(24)21(19)15-9-5-13(6-10-15)14-7-11-16(12-8-14)22(25)26/h1-2,5-12,17-18H,3-4H2/t17-,18-/m0/s1. The van der Waals surface area contributed by atoms with Crippen LogP contribution < -0.4 is 4.90 Å². The molecule has 1 aliphatic heterocycles. The number of nitro benzene ring substituents is 1. The summed E-state index contributed by atoms with van der Waals surface area (Å²) in [7, 11) is 0. The molecule has 0 spiro atoms. The number of anilines is 1. The average molecular weight is 348 g/mol. The molecule has 0 unspecified atom stereocenters. The number of non-ortho nitro benzene ring substituents is 1. The highest BCUT2D eigenvalue weighted by atomic mass is 16.6. The first-order valence-corrected chi connectivity index (χ1v) is 8.44. The average Bonchev–Trinajstić information content (AvgIpc) is 2.93. The first-order chi connectivity index (χ1) is 12.6. The molecule has 6 heteroatoms. The van der Waals surface area contributed by atoms with Gasteiger partial charge in [0.15, 0.2) is 0 Å². The van der Waals surface area contributed by atoms with Crippen molar-refractivity contribution in [2.45, 2.75) is 12.8 Å². The zero-order valence-electron chi connectivity index (χ0n) is 13.9. The normalized spacial score (nSPS) is 21.8. The van der Waals surface area contributed by atoms with Crippen molar-refractivity contribution in [3.8, 4) is 11.1 Å². The Balaban J connectivity index is 1.59. The minimum absolute atomic E-state index is 0.0369. The fraction of sp³-hybridized carbons (Fsp3) is 0.200. The van der Waals surface area contributed by atoms with E-state index in [-0.39, 0.29) is 29.3 Å². The van der Waals surface area contributed by atoms with Gasteiger partial charge >= 0.3 is 0 Å². The summed E-state index contributed by atoms with van der Waals surface area (Å²) in [6.07, 6.45) is 5.17. The molecular formula is C20H16N2O4. The van der Waals surface area contributed by atoms with Crippen LogP contribution in [0.5, 0.6) is 0 Å². The second-order valence-electron chi connectivity index (χ2n) is 6.52. The Kier molecular flexibility index (Phi) is 3.88. The van der Waals surface area contributed by atoms with Gasteiger partial charge < -0.3 is 0 Å². The van der Waals surface area contributed by atoms with Gasteiger partial charge in [0.05, 0.1) is 22.4 Å². The predicted octanol–water partition coefficient (Wildman–Crippen LogP) is 3.72.